The van der Waals surface area contributed by atoms with Crippen LogP contribution in [-0.2, 0) is 4.74 Å². The van der Waals surface area contributed by atoms with Crippen LogP contribution in [0.15, 0.2) is 11.2 Å². The highest BCUT2D eigenvalue weighted by atomic mass is 32.2. The van der Waals surface area contributed by atoms with Gasteiger partial charge in [0.1, 0.15) is 6.26 Å². The minimum Gasteiger partial charge on any atom is -0.417 e. The maximum Gasteiger partial charge on any atom is 0.411 e. The number of carbonyl (C=O) groups is 1. The van der Waals surface area contributed by atoms with Gasteiger partial charge in [-0.05, 0) is 13.2 Å². The summed E-state index contributed by atoms with van der Waals surface area (Å²) >= 11 is 1.53. The largest absolute Gasteiger partial charge is 0.417 e. The van der Waals surface area contributed by atoms with Crippen LogP contribution in [0.2, 0.25) is 0 Å². The molecule has 0 aliphatic carbocycles. The topological polar surface area (TPSA) is 38.3 Å². The highest BCUT2D eigenvalue weighted by Gasteiger charge is 1.92. The molecular formula is C6H11NO2S. The molecule has 0 rings (SSSR count). The van der Waals surface area contributed by atoms with Crippen LogP contribution in [0, 0.1) is 0 Å². The molecule has 4 heteroatoms. The Morgan fingerprint density at radius 2 is 2.30 bits per heavy atom. The molecule has 0 heterocycles. The minimum atomic E-state index is -0.437. The summed E-state index contributed by atoms with van der Waals surface area (Å²) in [5, 5.41) is 2.33. The Morgan fingerprint density at radius 3 is 2.70 bits per heavy atom. The first kappa shape index (κ1) is 9.36. The van der Waals surface area contributed by atoms with Gasteiger partial charge in [0.25, 0.3) is 0 Å². The molecule has 1 N–H and O–H groups in total. The van der Waals surface area contributed by atoms with E-state index in [0.29, 0.717) is 0 Å². The normalized spacial score (nSPS) is 10.9. The molecule has 0 aromatic carbocycles. The average Bonchev–Trinajstić information content (AvgIpc) is 1.99. The number of rotatable bonds is 2. The molecule has 0 unspecified atom stereocenters. The van der Waals surface area contributed by atoms with E-state index in [1.54, 1.807) is 0 Å². The van der Waals surface area contributed by atoms with E-state index in [2.05, 4.69) is 10.1 Å². The van der Waals surface area contributed by atoms with Crippen LogP contribution < -0.4 is 5.32 Å². The lowest BCUT2D eigenvalue weighted by Crippen LogP contribution is -2.16. The SMILES string of the molecule is CNC(=O)O/C=C(/C)SC. The summed E-state index contributed by atoms with van der Waals surface area (Å²) in [5.41, 5.74) is 0. The maximum atomic E-state index is 10.4. The van der Waals surface area contributed by atoms with Gasteiger partial charge in [-0.1, -0.05) is 0 Å². The molecular weight excluding hydrogens is 150 g/mol. The second kappa shape index (κ2) is 5.17. The van der Waals surface area contributed by atoms with Crippen molar-refractivity contribution in [3.63, 3.8) is 0 Å². The van der Waals surface area contributed by atoms with Crippen molar-refractivity contribution >= 4 is 17.9 Å². The van der Waals surface area contributed by atoms with Crippen molar-refractivity contribution in [2.75, 3.05) is 13.3 Å². The van der Waals surface area contributed by atoms with Gasteiger partial charge >= 0.3 is 6.09 Å². The van der Waals surface area contributed by atoms with E-state index in [9.17, 15) is 4.79 Å². The van der Waals surface area contributed by atoms with E-state index in [1.165, 1.54) is 25.1 Å². The molecule has 0 aliphatic heterocycles. The number of amides is 1. The first-order valence-corrected chi connectivity index (χ1v) is 4.02. The summed E-state index contributed by atoms with van der Waals surface area (Å²) in [6.45, 7) is 1.87. The third-order valence-electron chi connectivity index (χ3n) is 0.858. The van der Waals surface area contributed by atoms with E-state index < -0.39 is 6.09 Å². The molecule has 0 bridgehead atoms. The van der Waals surface area contributed by atoms with Crippen LogP contribution in [0.1, 0.15) is 6.92 Å². The van der Waals surface area contributed by atoms with Crippen LogP contribution in [-0.4, -0.2) is 19.4 Å². The molecule has 0 fully saturated rings. The van der Waals surface area contributed by atoms with Gasteiger partial charge in [0.2, 0.25) is 0 Å². The van der Waals surface area contributed by atoms with Crippen LogP contribution in [0.3, 0.4) is 0 Å². The van der Waals surface area contributed by atoms with Gasteiger partial charge < -0.3 is 10.1 Å². The highest BCUT2D eigenvalue weighted by molar-refractivity contribution is 8.02. The molecule has 10 heavy (non-hydrogen) atoms. The molecule has 0 atom stereocenters. The van der Waals surface area contributed by atoms with Crippen molar-refractivity contribution in [3.8, 4) is 0 Å². The van der Waals surface area contributed by atoms with Crippen molar-refractivity contribution < 1.29 is 9.53 Å². The second-order valence-electron chi connectivity index (χ2n) is 1.59. The van der Waals surface area contributed by atoms with Gasteiger partial charge in [-0.2, -0.15) is 0 Å². The third kappa shape index (κ3) is 4.26. The van der Waals surface area contributed by atoms with Crippen molar-refractivity contribution in [2.24, 2.45) is 0 Å². The molecule has 3 nitrogen and oxygen atoms in total. The summed E-state index contributed by atoms with van der Waals surface area (Å²) in [4.78, 5) is 11.4. The summed E-state index contributed by atoms with van der Waals surface area (Å²) in [6.07, 6.45) is 2.90. The minimum absolute atomic E-state index is 0.437. The molecule has 0 saturated carbocycles. The first-order chi connectivity index (χ1) is 4.70. The smallest absolute Gasteiger partial charge is 0.411 e. The number of hydrogen-bond acceptors (Lipinski definition) is 3. The summed E-state index contributed by atoms with van der Waals surface area (Å²) < 4.78 is 4.61. The molecule has 0 spiro atoms. The van der Waals surface area contributed by atoms with Crippen LogP contribution in [0.5, 0.6) is 0 Å². The predicted molar refractivity (Wildman–Crippen MR) is 42.8 cm³/mol. The standard InChI is InChI=1S/C6H11NO2S/c1-5(10-3)4-9-6(8)7-2/h4H,1-3H3,(H,7,8)/b5-4-. The van der Waals surface area contributed by atoms with Crippen molar-refractivity contribution in [1.82, 2.24) is 5.32 Å². The van der Waals surface area contributed by atoms with Gasteiger partial charge in [0.15, 0.2) is 0 Å². The Balaban J connectivity index is 3.61. The van der Waals surface area contributed by atoms with Crippen LogP contribution in [0.4, 0.5) is 4.79 Å². The number of alkyl carbamates (subject to hydrolysis) is 1. The van der Waals surface area contributed by atoms with Crippen molar-refractivity contribution in [3.05, 3.63) is 11.2 Å². The lowest BCUT2D eigenvalue weighted by atomic mass is 10.7. The molecule has 0 aromatic heterocycles. The van der Waals surface area contributed by atoms with Crippen LogP contribution >= 0.6 is 11.8 Å². The van der Waals surface area contributed by atoms with Gasteiger partial charge in [0, 0.05) is 12.0 Å². The van der Waals surface area contributed by atoms with E-state index in [0.717, 1.165) is 4.91 Å². The van der Waals surface area contributed by atoms with Crippen molar-refractivity contribution in [2.45, 2.75) is 6.92 Å². The molecule has 0 aliphatic rings. The summed E-state index contributed by atoms with van der Waals surface area (Å²) in [7, 11) is 1.52. The molecule has 58 valence electrons. The highest BCUT2D eigenvalue weighted by Crippen LogP contribution is 2.08. The molecule has 0 radical (unpaired) electrons. The van der Waals surface area contributed by atoms with Gasteiger partial charge in [-0.25, -0.2) is 4.79 Å². The fourth-order valence-electron chi connectivity index (χ4n) is 0.244. The zero-order valence-corrected chi connectivity index (χ0v) is 7.12. The summed E-state index contributed by atoms with van der Waals surface area (Å²) in [6, 6.07) is 0. The quantitative estimate of drug-likeness (QED) is 0.625. The zero-order valence-electron chi connectivity index (χ0n) is 6.30. The fourth-order valence-corrected chi connectivity index (χ4v) is 0.388. The number of allylic oxidation sites excluding steroid dienone is 1. The lowest BCUT2D eigenvalue weighted by Gasteiger charge is -1.97. The Kier molecular flexibility index (Phi) is 4.84. The Hall–Kier alpha value is -0.640. The Labute approximate surface area is 64.8 Å². The second-order valence-corrected chi connectivity index (χ2v) is 2.64. The van der Waals surface area contributed by atoms with E-state index in [4.69, 9.17) is 0 Å². The van der Waals surface area contributed by atoms with Gasteiger partial charge in [0.05, 0.1) is 0 Å². The molecule has 1 amide bonds. The molecule has 0 saturated heterocycles. The van der Waals surface area contributed by atoms with Gasteiger partial charge in [-0.15, -0.1) is 11.8 Å². The number of hydrogen-bond donors (Lipinski definition) is 1. The average molecular weight is 161 g/mol. The van der Waals surface area contributed by atoms with E-state index >= 15 is 0 Å². The van der Waals surface area contributed by atoms with Crippen LogP contribution in [0.25, 0.3) is 0 Å². The number of carbonyl (C=O) groups excluding carboxylic acids is 1. The van der Waals surface area contributed by atoms with E-state index in [-0.39, 0.29) is 0 Å². The molecule has 0 aromatic rings. The number of nitrogens with one attached hydrogen (secondary N) is 1. The van der Waals surface area contributed by atoms with E-state index in [1.807, 2.05) is 13.2 Å². The number of ether oxygens (including phenoxy) is 1. The predicted octanol–water partition coefficient (Wildman–Crippen LogP) is 1.57. The van der Waals surface area contributed by atoms with Gasteiger partial charge in [-0.3, -0.25) is 0 Å². The Morgan fingerprint density at radius 1 is 1.70 bits per heavy atom. The fraction of sp³-hybridized carbons (Fsp3) is 0.500. The zero-order chi connectivity index (χ0) is 7.98. The first-order valence-electron chi connectivity index (χ1n) is 2.79. The maximum absolute atomic E-state index is 10.4. The summed E-state index contributed by atoms with van der Waals surface area (Å²) in [5.74, 6) is 0. The Bertz CT molecular complexity index is 145. The lowest BCUT2D eigenvalue weighted by molar-refractivity contribution is 0.187. The monoisotopic (exact) mass is 161 g/mol. The van der Waals surface area contributed by atoms with Crippen molar-refractivity contribution in [1.29, 1.82) is 0 Å². The number of thioether (sulfide) groups is 1. The third-order valence-corrected chi connectivity index (χ3v) is 1.60.